The third-order valence-electron chi connectivity index (χ3n) is 3.22. The molecule has 1 heterocycles. The fourth-order valence-corrected chi connectivity index (χ4v) is 3.70. The van der Waals surface area contributed by atoms with Crippen molar-refractivity contribution >= 4 is 39.5 Å². The number of ketones is 1. The van der Waals surface area contributed by atoms with E-state index in [1.165, 1.54) is 23.1 Å². The Hall–Kier alpha value is -2.30. The minimum atomic E-state index is 0.0147. The average Bonchev–Trinajstić information content (AvgIpc) is 3.11. The van der Waals surface area contributed by atoms with Crippen molar-refractivity contribution in [3.05, 3.63) is 88.6 Å². The summed E-state index contributed by atoms with van der Waals surface area (Å²) in [5, 5.41) is 1.91. The van der Waals surface area contributed by atoms with Crippen LogP contribution in [0, 0.1) is 0 Å². The molecule has 0 amide bonds. The maximum absolute atomic E-state index is 12.5. The van der Waals surface area contributed by atoms with Gasteiger partial charge in [0.2, 0.25) is 0 Å². The third-order valence-corrected chi connectivity index (χ3v) is 5.27. The summed E-state index contributed by atoms with van der Waals surface area (Å²) in [6.07, 6.45) is 1.69. The first kappa shape index (κ1) is 15.6. The highest BCUT2D eigenvalue weighted by molar-refractivity contribution is 8.08. The zero-order valence-corrected chi connectivity index (χ0v) is 13.9. The van der Waals surface area contributed by atoms with E-state index in [0.717, 1.165) is 20.2 Å². The number of allylic oxidation sites excluding steroid dienone is 1. The molecule has 0 radical (unpaired) electrons. The minimum Gasteiger partial charge on any atom is -0.398 e. The summed E-state index contributed by atoms with van der Waals surface area (Å²) in [6.45, 7) is 0. The van der Waals surface area contributed by atoms with Gasteiger partial charge in [-0.15, -0.1) is 11.3 Å². The van der Waals surface area contributed by atoms with E-state index in [9.17, 15) is 4.79 Å². The van der Waals surface area contributed by atoms with Gasteiger partial charge in [-0.3, -0.25) is 4.79 Å². The summed E-state index contributed by atoms with van der Waals surface area (Å²) in [7, 11) is 0. The van der Waals surface area contributed by atoms with Gasteiger partial charge in [0, 0.05) is 21.6 Å². The van der Waals surface area contributed by atoms with E-state index in [-0.39, 0.29) is 5.78 Å². The molecule has 0 unspecified atom stereocenters. The van der Waals surface area contributed by atoms with Crippen molar-refractivity contribution in [3.8, 4) is 0 Å². The standard InChI is InChI=1S/C19H15NOS2/c20-15-9-4-5-10-17(15)23-19(14-7-2-1-3-8-14)13-16(21)18-11-6-12-22-18/h1-13H,20H2. The van der Waals surface area contributed by atoms with Gasteiger partial charge in [0.15, 0.2) is 5.78 Å². The Bertz CT molecular complexity index is 824. The average molecular weight is 337 g/mol. The minimum absolute atomic E-state index is 0.0147. The zero-order valence-electron chi connectivity index (χ0n) is 12.3. The van der Waals surface area contributed by atoms with E-state index >= 15 is 0 Å². The number of hydrogen-bond donors (Lipinski definition) is 1. The second-order valence-electron chi connectivity index (χ2n) is 4.86. The highest BCUT2D eigenvalue weighted by Crippen LogP contribution is 2.37. The number of benzene rings is 2. The van der Waals surface area contributed by atoms with Crippen molar-refractivity contribution in [2.24, 2.45) is 0 Å². The summed E-state index contributed by atoms with van der Waals surface area (Å²) in [4.78, 5) is 15.0. The topological polar surface area (TPSA) is 43.1 Å². The lowest BCUT2D eigenvalue weighted by atomic mass is 10.2. The van der Waals surface area contributed by atoms with Crippen LogP contribution in [0.25, 0.3) is 4.91 Å². The summed E-state index contributed by atoms with van der Waals surface area (Å²) in [5.74, 6) is 0.0147. The summed E-state index contributed by atoms with van der Waals surface area (Å²) < 4.78 is 0. The smallest absolute Gasteiger partial charge is 0.196 e. The monoisotopic (exact) mass is 337 g/mol. The predicted octanol–water partition coefficient (Wildman–Crippen LogP) is 5.35. The molecule has 23 heavy (non-hydrogen) atoms. The van der Waals surface area contributed by atoms with Gasteiger partial charge in [0.1, 0.15) is 0 Å². The van der Waals surface area contributed by atoms with Gasteiger partial charge in [-0.05, 0) is 29.1 Å². The molecule has 0 fully saturated rings. The van der Waals surface area contributed by atoms with Crippen LogP contribution in [0.4, 0.5) is 5.69 Å². The number of hydrogen-bond acceptors (Lipinski definition) is 4. The van der Waals surface area contributed by atoms with Crippen LogP contribution < -0.4 is 5.73 Å². The highest BCUT2D eigenvalue weighted by atomic mass is 32.2. The zero-order chi connectivity index (χ0) is 16.1. The van der Waals surface area contributed by atoms with Crippen LogP contribution in [-0.2, 0) is 0 Å². The lowest BCUT2D eigenvalue weighted by Gasteiger charge is -2.09. The molecule has 0 spiro atoms. The molecular formula is C19H15NOS2. The SMILES string of the molecule is Nc1ccccc1SC(=CC(=O)c1cccs1)c1ccccc1. The summed E-state index contributed by atoms with van der Waals surface area (Å²) in [5.41, 5.74) is 7.76. The Morgan fingerprint density at radius 2 is 1.70 bits per heavy atom. The molecule has 0 aliphatic carbocycles. The molecule has 0 bridgehead atoms. The Labute approximate surface area is 143 Å². The number of thioether (sulfide) groups is 1. The Morgan fingerprint density at radius 1 is 0.957 bits per heavy atom. The van der Waals surface area contributed by atoms with Gasteiger partial charge >= 0.3 is 0 Å². The molecule has 2 nitrogen and oxygen atoms in total. The molecular weight excluding hydrogens is 322 g/mol. The largest absolute Gasteiger partial charge is 0.398 e. The number of nitrogen functional groups attached to an aromatic ring is 1. The van der Waals surface area contributed by atoms with Crippen LogP contribution in [0.1, 0.15) is 15.2 Å². The van der Waals surface area contributed by atoms with Crippen molar-refractivity contribution in [2.75, 3.05) is 5.73 Å². The number of rotatable bonds is 5. The van der Waals surface area contributed by atoms with E-state index in [2.05, 4.69) is 0 Å². The molecule has 0 aliphatic rings. The van der Waals surface area contributed by atoms with Crippen molar-refractivity contribution in [1.29, 1.82) is 0 Å². The first-order valence-corrected chi connectivity index (χ1v) is 8.81. The van der Waals surface area contributed by atoms with Crippen LogP contribution in [0.3, 0.4) is 0 Å². The Kier molecular flexibility index (Phi) is 4.95. The fourth-order valence-electron chi connectivity index (χ4n) is 2.08. The quantitative estimate of drug-likeness (QED) is 0.295. The first-order chi connectivity index (χ1) is 11.2. The molecule has 1 aromatic heterocycles. The number of thiophene rings is 1. The number of carbonyl (C=O) groups is 1. The molecule has 0 saturated carbocycles. The Balaban J connectivity index is 1.98. The molecule has 2 N–H and O–H groups in total. The molecule has 114 valence electrons. The van der Waals surface area contributed by atoms with Gasteiger partial charge in [0.05, 0.1) is 4.88 Å². The van der Waals surface area contributed by atoms with Crippen LogP contribution in [0.2, 0.25) is 0 Å². The second-order valence-corrected chi connectivity index (χ2v) is 6.89. The normalized spacial score (nSPS) is 11.4. The molecule has 0 saturated heterocycles. The van der Waals surface area contributed by atoms with Crippen molar-refractivity contribution < 1.29 is 4.79 Å². The molecule has 0 aliphatic heterocycles. The number of nitrogens with two attached hydrogens (primary N) is 1. The van der Waals surface area contributed by atoms with Gasteiger partial charge in [-0.1, -0.05) is 60.3 Å². The van der Waals surface area contributed by atoms with Gasteiger partial charge < -0.3 is 5.73 Å². The molecule has 0 atom stereocenters. The van der Waals surface area contributed by atoms with Gasteiger partial charge in [-0.2, -0.15) is 0 Å². The van der Waals surface area contributed by atoms with Gasteiger partial charge in [-0.25, -0.2) is 0 Å². The molecule has 3 rings (SSSR count). The summed E-state index contributed by atoms with van der Waals surface area (Å²) >= 11 is 2.96. The lowest BCUT2D eigenvalue weighted by molar-refractivity contribution is 0.105. The van der Waals surface area contributed by atoms with E-state index < -0.39 is 0 Å². The fraction of sp³-hybridized carbons (Fsp3) is 0. The van der Waals surface area contributed by atoms with Crippen molar-refractivity contribution in [3.63, 3.8) is 0 Å². The third kappa shape index (κ3) is 3.92. The van der Waals surface area contributed by atoms with Crippen LogP contribution in [-0.4, -0.2) is 5.78 Å². The number of para-hydroxylation sites is 1. The number of carbonyl (C=O) groups excluding carboxylic acids is 1. The van der Waals surface area contributed by atoms with E-state index in [1.54, 1.807) is 6.08 Å². The number of anilines is 1. The Morgan fingerprint density at radius 3 is 2.39 bits per heavy atom. The lowest BCUT2D eigenvalue weighted by Crippen LogP contribution is -1.93. The summed E-state index contributed by atoms with van der Waals surface area (Å²) in [6, 6.07) is 21.3. The van der Waals surface area contributed by atoms with Gasteiger partial charge in [0.25, 0.3) is 0 Å². The second kappa shape index (κ2) is 7.31. The van der Waals surface area contributed by atoms with Crippen LogP contribution >= 0.6 is 23.1 Å². The van der Waals surface area contributed by atoms with Crippen LogP contribution in [0.5, 0.6) is 0 Å². The predicted molar refractivity (Wildman–Crippen MR) is 99.8 cm³/mol. The van der Waals surface area contributed by atoms with E-state index in [0.29, 0.717) is 5.69 Å². The molecule has 3 aromatic rings. The molecule has 2 aromatic carbocycles. The van der Waals surface area contributed by atoms with Crippen LogP contribution in [0.15, 0.2) is 83.1 Å². The van der Waals surface area contributed by atoms with E-state index in [4.69, 9.17) is 5.73 Å². The van der Waals surface area contributed by atoms with E-state index in [1.807, 2.05) is 72.1 Å². The maximum atomic E-state index is 12.5. The van der Waals surface area contributed by atoms with Crippen molar-refractivity contribution in [2.45, 2.75) is 4.90 Å². The molecule has 4 heteroatoms. The van der Waals surface area contributed by atoms with Crippen molar-refractivity contribution in [1.82, 2.24) is 0 Å². The highest BCUT2D eigenvalue weighted by Gasteiger charge is 2.11. The maximum Gasteiger partial charge on any atom is 0.196 e. The first-order valence-electron chi connectivity index (χ1n) is 7.11.